The molecule has 2 aromatic heterocycles. The van der Waals surface area contributed by atoms with E-state index in [0.29, 0.717) is 16.4 Å². The van der Waals surface area contributed by atoms with E-state index >= 15 is 0 Å². The number of rotatable bonds is 5. The van der Waals surface area contributed by atoms with E-state index in [1.807, 2.05) is 31.4 Å². The monoisotopic (exact) mass is 381 g/mol. The maximum absolute atomic E-state index is 12.8. The van der Waals surface area contributed by atoms with Gasteiger partial charge in [0.25, 0.3) is 10.0 Å². The van der Waals surface area contributed by atoms with Gasteiger partial charge in [-0.2, -0.15) is 5.10 Å². The Morgan fingerprint density at radius 3 is 2.50 bits per heavy atom. The van der Waals surface area contributed by atoms with Crippen LogP contribution in [0.5, 0.6) is 0 Å². The van der Waals surface area contributed by atoms with Crippen LogP contribution in [0.25, 0.3) is 10.6 Å². The number of nitrogens with zero attached hydrogens (tertiary/aromatic N) is 2. The maximum atomic E-state index is 12.8. The molecule has 0 aliphatic rings. The second kappa shape index (κ2) is 6.58. The topological polar surface area (TPSA) is 64.0 Å². The van der Waals surface area contributed by atoms with Gasteiger partial charge in [-0.15, -0.1) is 11.3 Å². The number of aromatic nitrogens is 2. The van der Waals surface area contributed by atoms with E-state index in [-0.39, 0.29) is 10.9 Å². The van der Waals surface area contributed by atoms with Gasteiger partial charge in [-0.3, -0.25) is 9.40 Å². The molecule has 3 rings (SSSR count). The van der Waals surface area contributed by atoms with Crippen LogP contribution in [0.3, 0.4) is 0 Å². The molecule has 0 amide bonds. The molecule has 0 fully saturated rings. The highest BCUT2D eigenvalue weighted by Gasteiger charge is 2.25. The van der Waals surface area contributed by atoms with Crippen molar-refractivity contribution in [1.82, 2.24) is 9.78 Å². The SMILES string of the molecule is CC(C)n1cc(S(=O)(=O)Nc2ccc(Cl)cc2)c(-c2cccs2)n1. The number of hydrogen-bond acceptors (Lipinski definition) is 4. The van der Waals surface area contributed by atoms with Crippen LogP contribution in [0.2, 0.25) is 5.02 Å². The Balaban J connectivity index is 2.04. The summed E-state index contributed by atoms with van der Waals surface area (Å²) in [7, 11) is -3.77. The number of hydrogen-bond donors (Lipinski definition) is 1. The van der Waals surface area contributed by atoms with Crippen LogP contribution in [0.4, 0.5) is 5.69 Å². The van der Waals surface area contributed by atoms with Gasteiger partial charge in [0.05, 0.1) is 4.88 Å². The number of anilines is 1. The number of sulfonamides is 1. The molecule has 3 aromatic rings. The van der Waals surface area contributed by atoms with Crippen molar-refractivity contribution in [2.24, 2.45) is 0 Å². The van der Waals surface area contributed by atoms with E-state index in [4.69, 9.17) is 11.6 Å². The Morgan fingerprint density at radius 1 is 1.21 bits per heavy atom. The Labute approximate surface area is 150 Å². The molecule has 0 aliphatic heterocycles. The Kier molecular flexibility index (Phi) is 4.67. The number of benzene rings is 1. The standard InChI is InChI=1S/C16H16ClN3O2S2/c1-11(2)20-10-15(16(18-20)14-4-3-9-23-14)24(21,22)19-13-7-5-12(17)6-8-13/h3-11,19H,1-2H3. The molecular formula is C16H16ClN3O2S2. The third kappa shape index (κ3) is 3.48. The van der Waals surface area contributed by atoms with Crippen LogP contribution in [-0.2, 0) is 10.0 Å². The summed E-state index contributed by atoms with van der Waals surface area (Å²) in [6.07, 6.45) is 1.57. The molecular weight excluding hydrogens is 366 g/mol. The van der Waals surface area contributed by atoms with Gasteiger partial charge in [-0.1, -0.05) is 17.7 Å². The fourth-order valence-electron chi connectivity index (χ4n) is 2.15. The quantitative estimate of drug-likeness (QED) is 0.699. The van der Waals surface area contributed by atoms with Crippen LogP contribution in [0, 0.1) is 0 Å². The number of halogens is 1. The molecule has 8 heteroatoms. The van der Waals surface area contributed by atoms with Gasteiger partial charge in [0.1, 0.15) is 10.6 Å². The van der Waals surface area contributed by atoms with Crippen molar-refractivity contribution in [3.05, 3.63) is 53.0 Å². The molecule has 1 N–H and O–H groups in total. The van der Waals surface area contributed by atoms with Crippen molar-refractivity contribution in [2.45, 2.75) is 24.8 Å². The van der Waals surface area contributed by atoms with Crippen LogP contribution in [0.1, 0.15) is 19.9 Å². The highest BCUT2D eigenvalue weighted by molar-refractivity contribution is 7.92. The Morgan fingerprint density at radius 2 is 1.92 bits per heavy atom. The fourth-order valence-corrected chi connectivity index (χ4v) is 4.27. The average molecular weight is 382 g/mol. The minimum atomic E-state index is -3.77. The van der Waals surface area contributed by atoms with Gasteiger partial charge in [0.2, 0.25) is 0 Å². The summed E-state index contributed by atoms with van der Waals surface area (Å²) in [5.74, 6) is 0. The zero-order chi connectivity index (χ0) is 17.3. The maximum Gasteiger partial charge on any atom is 0.265 e. The first-order valence-electron chi connectivity index (χ1n) is 7.28. The average Bonchev–Trinajstić information content (AvgIpc) is 3.18. The summed E-state index contributed by atoms with van der Waals surface area (Å²) in [4.78, 5) is 0.972. The molecule has 0 aliphatic carbocycles. The summed E-state index contributed by atoms with van der Waals surface area (Å²) in [6, 6.07) is 10.3. The molecule has 0 spiro atoms. The van der Waals surface area contributed by atoms with Crippen molar-refractivity contribution >= 4 is 38.6 Å². The molecule has 0 radical (unpaired) electrons. The molecule has 2 heterocycles. The van der Waals surface area contributed by atoms with Crippen LogP contribution in [0.15, 0.2) is 52.9 Å². The van der Waals surface area contributed by atoms with E-state index in [0.717, 1.165) is 4.88 Å². The first-order valence-corrected chi connectivity index (χ1v) is 10.0. The minimum absolute atomic E-state index is 0.0585. The van der Waals surface area contributed by atoms with Crippen molar-refractivity contribution in [3.8, 4) is 10.6 Å². The Bertz CT molecular complexity index is 930. The van der Waals surface area contributed by atoms with Gasteiger partial charge in [-0.05, 0) is 49.6 Å². The summed E-state index contributed by atoms with van der Waals surface area (Å²) >= 11 is 7.30. The second-order valence-electron chi connectivity index (χ2n) is 5.51. The van der Waals surface area contributed by atoms with Crippen molar-refractivity contribution in [2.75, 3.05) is 4.72 Å². The van der Waals surface area contributed by atoms with E-state index in [1.54, 1.807) is 35.1 Å². The first kappa shape index (κ1) is 17.0. The molecule has 126 valence electrons. The van der Waals surface area contributed by atoms with Gasteiger partial charge in [0.15, 0.2) is 0 Å². The molecule has 0 bridgehead atoms. The van der Waals surface area contributed by atoms with Crippen molar-refractivity contribution in [3.63, 3.8) is 0 Å². The van der Waals surface area contributed by atoms with E-state index < -0.39 is 10.0 Å². The summed E-state index contributed by atoms with van der Waals surface area (Å²) in [5.41, 5.74) is 0.911. The predicted octanol–water partition coefficient (Wildman–Crippen LogP) is 4.65. The highest BCUT2D eigenvalue weighted by Crippen LogP contribution is 2.31. The lowest BCUT2D eigenvalue weighted by atomic mass is 10.3. The molecule has 0 saturated carbocycles. The molecule has 1 aromatic carbocycles. The molecule has 0 saturated heterocycles. The minimum Gasteiger partial charge on any atom is -0.280 e. The van der Waals surface area contributed by atoms with E-state index in [2.05, 4.69) is 9.82 Å². The Hall–Kier alpha value is -1.83. The first-order chi connectivity index (χ1) is 11.4. The molecule has 0 unspecified atom stereocenters. The van der Waals surface area contributed by atoms with Gasteiger partial charge in [-0.25, -0.2) is 8.42 Å². The lowest BCUT2D eigenvalue weighted by molar-refractivity contribution is 0.532. The molecule has 24 heavy (non-hydrogen) atoms. The smallest absolute Gasteiger partial charge is 0.265 e. The highest BCUT2D eigenvalue weighted by atomic mass is 35.5. The van der Waals surface area contributed by atoms with E-state index in [9.17, 15) is 8.42 Å². The van der Waals surface area contributed by atoms with Crippen LogP contribution >= 0.6 is 22.9 Å². The van der Waals surface area contributed by atoms with E-state index in [1.165, 1.54) is 11.3 Å². The zero-order valence-corrected chi connectivity index (χ0v) is 15.5. The molecule has 0 atom stereocenters. The number of thiophene rings is 1. The zero-order valence-electron chi connectivity index (χ0n) is 13.1. The van der Waals surface area contributed by atoms with Gasteiger partial charge >= 0.3 is 0 Å². The fraction of sp³-hybridized carbons (Fsp3) is 0.188. The molecule has 5 nitrogen and oxygen atoms in total. The second-order valence-corrected chi connectivity index (χ2v) is 8.54. The van der Waals surface area contributed by atoms with Crippen molar-refractivity contribution in [1.29, 1.82) is 0 Å². The lowest BCUT2D eigenvalue weighted by Gasteiger charge is -2.07. The third-order valence-electron chi connectivity index (χ3n) is 3.37. The van der Waals surface area contributed by atoms with Crippen molar-refractivity contribution < 1.29 is 8.42 Å². The largest absolute Gasteiger partial charge is 0.280 e. The summed E-state index contributed by atoms with van der Waals surface area (Å²) in [5, 5.41) is 6.90. The number of nitrogens with one attached hydrogen (secondary N) is 1. The predicted molar refractivity (Wildman–Crippen MR) is 98.2 cm³/mol. The lowest BCUT2D eigenvalue weighted by Crippen LogP contribution is -2.13. The normalized spacial score (nSPS) is 11.8. The van der Waals surface area contributed by atoms with Crippen LogP contribution < -0.4 is 4.72 Å². The van der Waals surface area contributed by atoms with Gasteiger partial charge in [0, 0.05) is 22.9 Å². The van der Waals surface area contributed by atoms with Gasteiger partial charge < -0.3 is 0 Å². The van der Waals surface area contributed by atoms with Crippen LogP contribution in [-0.4, -0.2) is 18.2 Å². The third-order valence-corrected chi connectivity index (χ3v) is 5.88. The summed E-state index contributed by atoms with van der Waals surface area (Å²) < 4.78 is 29.9. The summed E-state index contributed by atoms with van der Waals surface area (Å²) in [6.45, 7) is 3.91.